The molecule has 0 spiro atoms. The van der Waals surface area contributed by atoms with Crippen molar-refractivity contribution in [1.29, 1.82) is 0 Å². The van der Waals surface area contributed by atoms with Crippen LogP contribution in [0, 0.1) is 17.8 Å². The highest BCUT2D eigenvalue weighted by molar-refractivity contribution is 6.26. The summed E-state index contributed by atoms with van der Waals surface area (Å²) in [6.07, 6.45) is 11.2. The van der Waals surface area contributed by atoms with Crippen LogP contribution in [-0.2, 0) is 0 Å². The first-order valence-corrected chi connectivity index (χ1v) is 13.3. The van der Waals surface area contributed by atoms with E-state index in [4.69, 9.17) is 0 Å². The summed E-state index contributed by atoms with van der Waals surface area (Å²) in [4.78, 5) is 25.6. The fourth-order valence-electron chi connectivity index (χ4n) is 5.03. The molecule has 1 aliphatic carbocycles. The summed E-state index contributed by atoms with van der Waals surface area (Å²) in [7, 11) is 0. The van der Waals surface area contributed by atoms with Crippen molar-refractivity contribution in [2.45, 2.75) is 105 Å². The van der Waals surface area contributed by atoms with Gasteiger partial charge in [-0.2, -0.15) is 0 Å². The lowest BCUT2D eigenvalue weighted by atomic mass is 9.83. The average molecular weight is 467 g/mol. The predicted molar refractivity (Wildman–Crippen MR) is 142 cm³/mol. The van der Waals surface area contributed by atoms with Gasteiger partial charge in [0.1, 0.15) is 0 Å². The number of carbonyl (C=O) groups excluding carboxylic acids is 2. The predicted octanol–water partition coefficient (Wildman–Crippen LogP) is 8.13. The molecule has 0 fully saturated rings. The van der Waals surface area contributed by atoms with Gasteiger partial charge >= 0.3 is 0 Å². The maximum absolute atomic E-state index is 12.9. The van der Waals surface area contributed by atoms with Crippen LogP contribution < -0.4 is 0 Å². The molecule has 0 saturated carbocycles. The number of rotatable bonds is 14. The number of hydrogen-bond donors (Lipinski definition) is 1. The molecular weight excluding hydrogens is 420 g/mol. The third-order valence-corrected chi connectivity index (χ3v) is 7.24. The molecule has 1 aliphatic rings. The van der Waals surface area contributed by atoms with Gasteiger partial charge < -0.3 is 5.11 Å². The van der Waals surface area contributed by atoms with Gasteiger partial charge in [-0.1, -0.05) is 102 Å². The van der Waals surface area contributed by atoms with E-state index in [9.17, 15) is 14.7 Å². The smallest absolute Gasteiger partial charge is 0.190 e. The van der Waals surface area contributed by atoms with Crippen LogP contribution in [0.2, 0.25) is 0 Å². The number of allylic oxidation sites excluding steroid dienone is 3. The Bertz CT molecular complexity index is 890. The molecule has 1 N–H and O–H groups in total. The Morgan fingerprint density at radius 3 is 2.06 bits per heavy atom. The molecule has 0 aromatic heterocycles. The molecule has 0 amide bonds. The van der Waals surface area contributed by atoms with Crippen molar-refractivity contribution < 1.29 is 14.7 Å². The minimum atomic E-state index is -0.366. The molecule has 3 unspecified atom stereocenters. The van der Waals surface area contributed by atoms with Crippen molar-refractivity contribution in [1.82, 2.24) is 0 Å². The van der Waals surface area contributed by atoms with Gasteiger partial charge in [-0.05, 0) is 50.9 Å². The Hall–Kier alpha value is -2.00. The fraction of sp³-hybridized carbons (Fsp3) is 0.613. The van der Waals surface area contributed by atoms with Crippen LogP contribution >= 0.6 is 0 Å². The fourth-order valence-corrected chi connectivity index (χ4v) is 5.03. The number of benzene rings is 1. The second-order valence-corrected chi connectivity index (χ2v) is 11.1. The van der Waals surface area contributed by atoms with Gasteiger partial charge in [0, 0.05) is 22.3 Å². The van der Waals surface area contributed by atoms with Crippen molar-refractivity contribution in [2.75, 3.05) is 0 Å². The Morgan fingerprint density at radius 2 is 1.44 bits per heavy atom. The van der Waals surface area contributed by atoms with Crippen LogP contribution in [0.4, 0.5) is 0 Å². The van der Waals surface area contributed by atoms with Crippen LogP contribution in [0.1, 0.15) is 120 Å². The molecule has 1 aromatic rings. The highest BCUT2D eigenvalue weighted by atomic mass is 16.3. The van der Waals surface area contributed by atoms with Gasteiger partial charge in [0.05, 0.1) is 6.10 Å². The second-order valence-electron chi connectivity index (χ2n) is 11.1. The minimum absolute atomic E-state index is 0.0515. The van der Waals surface area contributed by atoms with Crippen LogP contribution in [0.15, 0.2) is 47.1 Å². The molecule has 0 saturated heterocycles. The Labute approximate surface area is 207 Å². The van der Waals surface area contributed by atoms with Crippen LogP contribution in [0.3, 0.4) is 0 Å². The normalized spacial score (nSPS) is 17.2. The SMILES string of the molecule is CC1=C(C/C=C(\C)CC(O)CC(C)CCCC(C)CCCC(C)C)C(=O)c2ccccc2C1=O. The summed E-state index contributed by atoms with van der Waals surface area (Å²) < 4.78 is 0. The molecule has 0 aliphatic heterocycles. The van der Waals surface area contributed by atoms with E-state index in [1.165, 1.54) is 32.1 Å². The number of carbonyl (C=O) groups is 2. The lowest BCUT2D eigenvalue weighted by molar-refractivity contribution is 0.0973. The van der Waals surface area contributed by atoms with Gasteiger partial charge in [-0.3, -0.25) is 9.59 Å². The molecule has 34 heavy (non-hydrogen) atoms. The molecule has 0 radical (unpaired) electrons. The summed E-state index contributed by atoms with van der Waals surface area (Å²) in [5.74, 6) is 1.99. The van der Waals surface area contributed by atoms with Crippen molar-refractivity contribution in [3.05, 3.63) is 58.2 Å². The average Bonchev–Trinajstić information content (AvgIpc) is 2.77. The summed E-state index contributed by atoms with van der Waals surface area (Å²) in [6, 6.07) is 7.05. The number of aliphatic hydroxyl groups is 1. The number of aliphatic hydroxyl groups excluding tert-OH is 1. The quantitative estimate of drug-likeness (QED) is 0.282. The lowest BCUT2D eigenvalue weighted by Crippen LogP contribution is -2.20. The van der Waals surface area contributed by atoms with E-state index in [0.29, 0.717) is 41.0 Å². The zero-order valence-electron chi connectivity index (χ0n) is 22.3. The Morgan fingerprint density at radius 1 is 0.882 bits per heavy atom. The third kappa shape index (κ3) is 8.65. The number of Topliss-reactive ketones (excluding diaryl/α,β-unsaturated/α-hetero) is 2. The minimum Gasteiger partial charge on any atom is -0.393 e. The van der Waals surface area contributed by atoms with Gasteiger partial charge in [0.25, 0.3) is 0 Å². The van der Waals surface area contributed by atoms with Crippen LogP contribution in [0.5, 0.6) is 0 Å². The van der Waals surface area contributed by atoms with E-state index < -0.39 is 0 Å². The first kappa shape index (κ1) is 28.2. The van der Waals surface area contributed by atoms with Crippen molar-refractivity contribution in [3.8, 4) is 0 Å². The Balaban J connectivity index is 1.77. The first-order chi connectivity index (χ1) is 16.1. The Kier molecular flexibility index (Phi) is 11.4. The van der Waals surface area contributed by atoms with Crippen molar-refractivity contribution in [3.63, 3.8) is 0 Å². The molecule has 3 atom stereocenters. The molecule has 3 heteroatoms. The maximum atomic E-state index is 12.9. The molecule has 0 heterocycles. The molecule has 188 valence electrons. The zero-order chi connectivity index (χ0) is 25.3. The topological polar surface area (TPSA) is 54.4 Å². The monoisotopic (exact) mass is 466 g/mol. The van der Waals surface area contributed by atoms with E-state index in [0.717, 1.165) is 30.3 Å². The first-order valence-electron chi connectivity index (χ1n) is 13.3. The highest BCUT2D eigenvalue weighted by Gasteiger charge is 2.28. The molecular formula is C31H46O3. The number of ketones is 2. The van der Waals surface area contributed by atoms with Gasteiger partial charge in [-0.15, -0.1) is 0 Å². The lowest BCUT2D eigenvalue weighted by Gasteiger charge is -2.19. The van der Waals surface area contributed by atoms with Crippen LogP contribution in [0.25, 0.3) is 0 Å². The summed E-state index contributed by atoms with van der Waals surface area (Å²) >= 11 is 0. The third-order valence-electron chi connectivity index (χ3n) is 7.24. The summed E-state index contributed by atoms with van der Waals surface area (Å²) in [5.41, 5.74) is 3.19. The highest BCUT2D eigenvalue weighted by Crippen LogP contribution is 2.29. The summed E-state index contributed by atoms with van der Waals surface area (Å²) in [6.45, 7) is 12.9. The maximum Gasteiger partial charge on any atom is 0.190 e. The van der Waals surface area contributed by atoms with E-state index in [-0.39, 0.29) is 17.7 Å². The van der Waals surface area contributed by atoms with E-state index in [2.05, 4.69) is 27.7 Å². The molecule has 2 rings (SSSR count). The van der Waals surface area contributed by atoms with Crippen LogP contribution in [-0.4, -0.2) is 22.8 Å². The number of fused-ring (bicyclic) bond motifs is 1. The van der Waals surface area contributed by atoms with Gasteiger partial charge in [-0.25, -0.2) is 0 Å². The molecule has 3 nitrogen and oxygen atoms in total. The molecule has 0 bridgehead atoms. The zero-order valence-corrected chi connectivity index (χ0v) is 22.3. The largest absolute Gasteiger partial charge is 0.393 e. The van der Waals surface area contributed by atoms with Crippen molar-refractivity contribution >= 4 is 11.6 Å². The van der Waals surface area contributed by atoms with E-state index >= 15 is 0 Å². The van der Waals surface area contributed by atoms with Gasteiger partial charge in [0.2, 0.25) is 0 Å². The van der Waals surface area contributed by atoms with Crippen molar-refractivity contribution in [2.24, 2.45) is 17.8 Å². The molecule has 1 aromatic carbocycles. The van der Waals surface area contributed by atoms with E-state index in [1.807, 2.05) is 13.0 Å². The standard InChI is InChI=1S/C31H46O3/c1-21(2)11-9-12-22(3)13-10-14-23(4)19-26(32)20-24(5)17-18-27-25(6)30(33)28-15-7-8-16-29(28)31(27)34/h7-8,15-17,21-23,26,32H,9-14,18-20H2,1-6H3/b24-17+. The second kappa shape index (κ2) is 13.8. The van der Waals surface area contributed by atoms with Gasteiger partial charge in [0.15, 0.2) is 11.6 Å². The van der Waals surface area contributed by atoms with E-state index in [1.54, 1.807) is 31.2 Å². The summed E-state index contributed by atoms with van der Waals surface area (Å²) in [5, 5.41) is 10.6. The number of hydrogen-bond acceptors (Lipinski definition) is 3.